The van der Waals surface area contributed by atoms with Crippen LogP contribution in [0.25, 0.3) is 11.3 Å². The maximum absolute atomic E-state index is 11.4. The van der Waals surface area contributed by atoms with Gasteiger partial charge in [-0.25, -0.2) is 4.98 Å². The van der Waals surface area contributed by atoms with Crippen molar-refractivity contribution in [3.05, 3.63) is 34.7 Å². The normalized spacial score (nSPS) is 10.4. The van der Waals surface area contributed by atoms with Gasteiger partial charge in [0.2, 0.25) is 5.91 Å². The Morgan fingerprint density at radius 1 is 1.38 bits per heavy atom. The summed E-state index contributed by atoms with van der Waals surface area (Å²) in [6, 6.07) is 10.1. The number of aryl methyl sites for hydroxylation is 1. The zero-order valence-corrected chi connectivity index (χ0v) is 13.1. The van der Waals surface area contributed by atoms with Crippen molar-refractivity contribution in [3.8, 4) is 17.3 Å². The molecule has 1 heterocycles. The second-order valence-electron chi connectivity index (χ2n) is 5.08. The number of aromatic nitrogens is 1. The number of hydrogen-bond donors (Lipinski definition) is 1. The van der Waals surface area contributed by atoms with Crippen LogP contribution in [0, 0.1) is 18.3 Å². The Morgan fingerprint density at radius 2 is 2.05 bits per heavy atom. The molecule has 0 aliphatic carbocycles. The Hall–Kier alpha value is -2.19. The third-order valence-electron chi connectivity index (χ3n) is 3.13. The van der Waals surface area contributed by atoms with Crippen molar-refractivity contribution in [2.24, 2.45) is 0 Å². The predicted molar refractivity (Wildman–Crippen MR) is 85.2 cm³/mol. The van der Waals surface area contributed by atoms with E-state index in [0.29, 0.717) is 11.0 Å². The quantitative estimate of drug-likeness (QED) is 0.924. The Kier molecular flexibility index (Phi) is 4.71. The molecule has 108 valence electrons. The van der Waals surface area contributed by atoms with E-state index in [-0.39, 0.29) is 12.3 Å². The van der Waals surface area contributed by atoms with Gasteiger partial charge in [-0.05, 0) is 18.4 Å². The molecular formula is C16H17N3OS. The molecule has 0 bridgehead atoms. The van der Waals surface area contributed by atoms with Crippen molar-refractivity contribution in [3.63, 3.8) is 0 Å². The van der Waals surface area contributed by atoms with Crippen LogP contribution in [0.1, 0.15) is 36.6 Å². The van der Waals surface area contributed by atoms with Crippen molar-refractivity contribution >= 4 is 22.4 Å². The van der Waals surface area contributed by atoms with Crippen LogP contribution in [0.15, 0.2) is 24.3 Å². The van der Waals surface area contributed by atoms with Crippen LogP contribution >= 0.6 is 11.3 Å². The van der Waals surface area contributed by atoms with Crippen molar-refractivity contribution < 1.29 is 4.79 Å². The van der Waals surface area contributed by atoms with Crippen LogP contribution in [0.5, 0.6) is 0 Å². The molecule has 0 fully saturated rings. The molecule has 4 nitrogen and oxygen atoms in total. The van der Waals surface area contributed by atoms with E-state index in [1.807, 2.05) is 13.0 Å². The Balaban J connectivity index is 2.22. The smallest absolute Gasteiger partial charge is 0.240 e. The second-order valence-corrected chi connectivity index (χ2v) is 6.29. The number of carbonyl (C=O) groups is 1. The maximum atomic E-state index is 11.4. The van der Waals surface area contributed by atoms with Crippen LogP contribution in [-0.4, -0.2) is 10.9 Å². The van der Waals surface area contributed by atoms with E-state index in [1.165, 1.54) is 16.9 Å². The lowest BCUT2D eigenvalue weighted by Gasteiger charge is -2.06. The van der Waals surface area contributed by atoms with Crippen molar-refractivity contribution in [2.45, 2.75) is 33.1 Å². The minimum atomic E-state index is -0.326. The van der Waals surface area contributed by atoms with E-state index in [2.05, 4.69) is 48.4 Å². The first-order valence-electron chi connectivity index (χ1n) is 6.76. The average molecular weight is 299 g/mol. The molecule has 0 aliphatic rings. The Labute approximate surface area is 128 Å². The number of benzene rings is 1. The highest BCUT2D eigenvalue weighted by molar-refractivity contribution is 7.16. The average Bonchev–Trinajstić information content (AvgIpc) is 2.79. The summed E-state index contributed by atoms with van der Waals surface area (Å²) >= 11 is 1.42. The third-order valence-corrected chi connectivity index (χ3v) is 4.02. The minimum absolute atomic E-state index is 0.156. The molecule has 1 aromatic carbocycles. The van der Waals surface area contributed by atoms with Gasteiger partial charge in [-0.15, -0.1) is 11.3 Å². The van der Waals surface area contributed by atoms with Gasteiger partial charge in [0.25, 0.3) is 0 Å². The lowest BCUT2D eigenvalue weighted by molar-refractivity contribution is -0.115. The lowest BCUT2D eigenvalue weighted by atomic mass is 10.0. The first-order valence-corrected chi connectivity index (χ1v) is 7.57. The fourth-order valence-corrected chi connectivity index (χ4v) is 2.83. The highest BCUT2D eigenvalue weighted by atomic mass is 32.1. The molecule has 0 unspecified atom stereocenters. The number of rotatable bonds is 4. The number of nitrogens with one attached hydrogen (secondary N) is 1. The molecule has 0 radical (unpaired) electrons. The zero-order chi connectivity index (χ0) is 15.4. The summed E-state index contributed by atoms with van der Waals surface area (Å²) in [5.41, 5.74) is 3.20. The van der Waals surface area contributed by atoms with E-state index in [9.17, 15) is 4.79 Å². The van der Waals surface area contributed by atoms with E-state index < -0.39 is 0 Å². The molecule has 2 rings (SSSR count). The molecule has 5 heteroatoms. The molecule has 0 saturated carbocycles. The van der Waals surface area contributed by atoms with Gasteiger partial charge >= 0.3 is 0 Å². The van der Waals surface area contributed by atoms with Gasteiger partial charge in [0.15, 0.2) is 5.13 Å². The number of nitrogens with zero attached hydrogens (tertiary/aromatic N) is 2. The first kappa shape index (κ1) is 15.2. The maximum Gasteiger partial charge on any atom is 0.240 e. The summed E-state index contributed by atoms with van der Waals surface area (Å²) in [5.74, 6) is 0.171. The van der Waals surface area contributed by atoms with Crippen LogP contribution < -0.4 is 5.32 Å². The lowest BCUT2D eigenvalue weighted by Crippen LogP contribution is -2.09. The monoisotopic (exact) mass is 299 g/mol. The Bertz CT molecular complexity index is 681. The first-order chi connectivity index (χ1) is 10.0. The van der Waals surface area contributed by atoms with Crippen molar-refractivity contribution in [2.75, 3.05) is 5.32 Å². The summed E-state index contributed by atoms with van der Waals surface area (Å²) in [6.45, 7) is 6.29. The number of nitriles is 1. The molecule has 1 aromatic heterocycles. The van der Waals surface area contributed by atoms with E-state index >= 15 is 0 Å². The van der Waals surface area contributed by atoms with Gasteiger partial charge in [0.1, 0.15) is 6.42 Å². The number of anilines is 1. The second kappa shape index (κ2) is 6.51. The molecule has 0 spiro atoms. The zero-order valence-electron chi connectivity index (χ0n) is 12.3. The summed E-state index contributed by atoms with van der Waals surface area (Å²) in [6.07, 6.45) is -0.156. The van der Waals surface area contributed by atoms with Gasteiger partial charge in [-0.2, -0.15) is 5.26 Å². The van der Waals surface area contributed by atoms with Crippen LogP contribution in [0.3, 0.4) is 0 Å². The number of hydrogen-bond acceptors (Lipinski definition) is 4. The molecule has 0 atom stereocenters. The summed E-state index contributed by atoms with van der Waals surface area (Å²) in [4.78, 5) is 16.9. The summed E-state index contributed by atoms with van der Waals surface area (Å²) in [5, 5.41) is 11.7. The third kappa shape index (κ3) is 3.67. The molecule has 1 amide bonds. The largest absolute Gasteiger partial charge is 0.301 e. The summed E-state index contributed by atoms with van der Waals surface area (Å²) in [7, 11) is 0. The van der Waals surface area contributed by atoms with Crippen molar-refractivity contribution in [1.29, 1.82) is 5.26 Å². The molecule has 0 aliphatic heterocycles. The van der Waals surface area contributed by atoms with Crippen LogP contribution in [0.4, 0.5) is 5.13 Å². The van der Waals surface area contributed by atoms with Gasteiger partial charge in [0.05, 0.1) is 11.8 Å². The van der Waals surface area contributed by atoms with E-state index in [4.69, 9.17) is 5.26 Å². The van der Waals surface area contributed by atoms with Gasteiger partial charge in [-0.1, -0.05) is 38.1 Å². The highest BCUT2D eigenvalue weighted by Crippen LogP contribution is 2.31. The molecule has 1 N–H and O–H groups in total. The van der Waals surface area contributed by atoms with Crippen LogP contribution in [0.2, 0.25) is 0 Å². The predicted octanol–water partition coefficient (Wildman–Crippen LogP) is 4.09. The SMILES string of the molecule is Cc1sc(NC(=O)CC#N)nc1-c1ccc(C(C)C)cc1. The fourth-order valence-electron chi connectivity index (χ4n) is 1.98. The highest BCUT2D eigenvalue weighted by Gasteiger charge is 2.12. The minimum Gasteiger partial charge on any atom is -0.301 e. The van der Waals surface area contributed by atoms with Gasteiger partial charge < -0.3 is 5.32 Å². The number of carbonyl (C=O) groups excluding carboxylic acids is 1. The summed E-state index contributed by atoms with van der Waals surface area (Å²) < 4.78 is 0. The Morgan fingerprint density at radius 3 is 2.62 bits per heavy atom. The molecule has 0 saturated heterocycles. The van der Waals surface area contributed by atoms with Gasteiger partial charge in [-0.3, -0.25) is 4.79 Å². The number of amides is 1. The standard InChI is InChI=1S/C16H17N3OS/c1-10(2)12-4-6-13(7-5-12)15-11(3)21-16(19-15)18-14(20)8-9-17/h4-7,10H,8H2,1-3H3,(H,18,19,20). The topological polar surface area (TPSA) is 65.8 Å². The van der Waals surface area contributed by atoms with E-state index in [1.54, 1.807) is 0 Å². The van der Waals surface area contributed by atoms with Crippen LogP contribution in [-0.2, 0) is 4.79 Å². The molecule has 21 heavy (non-hydrogen) atoms. The van der Waals surface area contributed by atoms with Gasteiger partial charge in [0, 0.05) is 10.4 Å². The van der Waals surface area contributed by atoms with E-state index in [0.717, 1.165) is 16.1 Å². The number of thiazole rings is 1. The van der Waals surface area contributed by atoms with Crippen molar-refractivity contribution in [1.82, 2.24) is 4.98 Å². The molecular weight excluding hydrogens is 282 g/mol. The fraction of sp³-hybridized carbons (Fsp3) is 0.312. The molecule has 2 aromatic rings.